The first kappa shape index (κ1) is 10.8. The quantitative estimate of drug-likeness (QED) is 0.856. The van der Waals surface area contributed by atoms with Crippen molar-refractivity contribution < 1.29 is 9.84 Å². The van der Waals surface area contributed by atoms with Crippen molar-refractivity contribution in [2.75, 3.05) is 12.9 Å². The van der Waals surface area contributed by atoms with Crippen LogP contribution in [-0.4, -0.2) is 23.2 Å². The first-order valence-electron chi connectivity index (χ1n) is 5.25. The minimum Gasteiger partial charge on any atom is -0.496 e. The maximum atomic E-state index is 10.2. The van der Waals surface area contributed by atoms with E-state index in [0.717, 1.165) is 23.5 Å². The number of para-hydroxylation sites is 1. The molecule has 0 bridgehead atoms. The number of methoxy groups -OCH3 is 1. The predicted molar refractivity (Wildman–Crippen MR) is 63.4 cm³/mol. The summed E-state index contributed by atoms with van der Waals surface area (Å²) in [6, 6.07) is 7.72. The van der Waals surface area contributed by atoms with E-state index in [1.54, 1.807) is 7.11 Å². The van der Waals surface area contributed by atoms with Crippen molar-refractivity contribution in [2.45, 2.75) is 24.2 Å². The van der Waals surface area contributed by atoms with Gasteiger partial charge >= 0.3 is 0 Å². The molecule has 1 aromatic rings. The lowest BCUT2D eigenvalue weighted by atomic mass is 10.0. The third kappa shape index (κ3) is 2.29. The van der Waals surface area contributed by atoms with Crippen LogP contribution in [0.25, 0.3) is 0 Å². The van der Waals surface area contributed by atoms with E-state index in [0.29, 0.717) is 5.25 Å². The monoisotopic (exact) mass is 224 g/mol. The van der Waals surface area contributed by atoms with Gasteiger partial charge in [-0.15, -0.1) is 0 Å². The second-order valence-corrected chi connectivity index (χ2v) is 5.09. The van der Waals surface area contributed by atoms with Gasteiger partial charge in [0, 0.05) is 10.8 Å². The second kappa shape index (κ2) is 4.90. The molecule has 1 saturated heterocycles. The van der Waals surface area contributed by atoms with E-state index in [1.807, 2.05) is 36.0 Å². The van der Waals surface area contributed by atoms with Crippen LogP contribution in [0.1, 0.15) is 24.5 Å². The Morgan fingerprint density at radius 2 is 2.27 bits per heavy atom. The molecule has 0 saturated carbocycles. The summed E-state index contributed by atoms with van der Waals surface area (Å²) >= 11 is 1.86. The van der Waals surface area contributed by atoms with Gasteiger partial charge in [-0.2, -0.15) is 11.8 Å². The van der Waals surface area contributed by atoms with E-state index in [4.69, 9.17) is 4.74 Å². The number of thioether (sulfide) groups is 1. The molecule has 2 rings (SSSR count). The van der Waals surface area contributed by atoms with E-state index in [2.05, 4.69) is 0 Å². The first-order valence-corrected chi connectivity index (χ1v) is 6.30. The summed E-state index contributed by atoms with van der Waals surface area (Å²) in [5.41, 5.74) is 0.916. The predicted octanol–water partition coefficient (Wildman–Crippen LogP) is 2.62. The van der Waals surface area contributed by atoms with Crippen LogP contribution < -0.4 is 4.74 Å². The highest BCUT2D eigenvalue weighted by atomic mass is 32.2. The van der Waals surface area contributed by atoms with Crippen LogP contribution in [0.4, 0.5) is 0 Å². The summed E-state index contributed by atoms with van der Waals surface area (Å²) < 4.78 is 5.26. The molecule has 15 heavy (non-hydrogen) atoms. The number of rotatable bonds is 3. The molecule has 2 atom stereocenters. The molecule has 2 nitrogen and oxygen atoms in total. The standard InChI is InChI=1S/C12H16O2S/c1-14-10-6-3-2-5-9(10)12(13)11-7-4-8-15-11/h2-3,5-6,11-13H,4,7-8H2,1H3. The highest BCUT2D eigenvalue weighted by molar-refractivity contribution is 8.00. The molecule has 0 amide bonds. The topological polar surface area (TPSA) is 29.5 Å². The minimum absolute atomic E-state index is 0.335. The van der Waals surface area contributed by atoms with Gasteiger partial charge in [-0.1, -0.05) is 18.2 Å². The summed E-state index contributed by atoms with van der Waals surface area (Å²) in [4.78, 5) is 0. The molecule has 82 valence electrons. The molecule has 1 heterocycles. The van der Waals surface area contributed by atoms with Gasteiger partial charge in [0.25, 0.3) is 0 Å². The van der Waals surface area contributed by atoms with Crippen LogP contribution in [0, 0.1) is 0 Å². The van der Waals surface area contributed by atoms with Gasteiger partial charge in [-0.05, 0) is 24.7 Å². The highest BCUT2D eigenvalue weighted by Gasteiger charge is 2.26. The number of benzene rings is 1. The molecule has 2 unspecified atom stereocenters. The van der Waals surface area contributed by atoms with Crippen molar-refractivity contribution in [3.63, 3.8) is 0 Å². The summed E-state index contributed by atoms with van der Waals surface area (Å²) in [6.07, 6.45) is 1.92. The van der Waals surface area contributed by atoms with E-state index < -0.39 is 6.10 Å². The Labute approximate surface area is 94.6 Å². The number of aliphatic hydroxyl groups excluding tert-OH is 1. The maximum absolute atomic E-state index is 10.2. The molecular weight excluding hydrogens is 208 g/mol. The van der Waals surface area contributed by atoms with Crippen LogP contribution in [0.15, 0.2) is 24.3 Å². The minimum atomic E-state index is -0.395. The normalized spacial score (nSPS) is 22.7. The van der Waals surface area contributed by atoms with Gasteiger partial charge in [0.2, 0.25) is 0 Å². The molecule has 0 radical (unpaired) electrons. The van der Waals surface area contributed by atoms with E-state index >= 15 is 0 Å². The van der Waals surface area contributed by atoms with Crippen molar-refractivity contribution >= 4 is 11.8 Å². The zero-order valence-corrected chi connectivity index (χ0v) is 9.67. The fourth-order valence-corrected chi connectivity index (χ4v) is 3.26. The Bertz CT molecular complexity index is 321. The lowest BCUT2D eigenvalue weighted by molar-refractivity contribution is 0.169. The van der Waals surface area contributed by atoms with Gasteiger partial charge in [-0.25, -0.2) is 0 Å². The summed E-state index contributed by atoms with van der Waals surface area (Å²) in [5.74, 6) is 1.95. The molecule has 0 aromatic heterocycles. The van der Waals surface area contributed by atoms with E-state index in [9.17, 15) is 5.11 Å². The van der Waals surface area contributed by atoms with Crippen molar-refractivity contribution in [1.29, 1.82) is 0 Å². The molecule has 1 aliphatic rings. The second-order valence-electron chi connectivity index (χ2n) is 3.74. The molecular formula is C12H16O2S. The average molecular weight is 224 g/mol. The van der Waals surface area contributed by atoms with Crippen molar-refractivity contribution in [1.82, 2.24) is 0 Å². The van der Waals surface area contributed by atoms with Crippen molar-refractivity contribution in [3.8, 4) is 5.75 Å². The lowest BCUT2D eigenvalue weighted by Gasteiger charge is -2.19. The van der Waals surface area contributed by atoms with Crippen LogP contribution in [0.5, 0.6) is 5.75 Å². The average Bonchev–Trinajstić information content (AvgIpc) is 2.81. The number of ether oxygens (including phenoxy) is 1. The molecule has 1 fully saturated rings. The van der Waals surface area contributed by atoms with Gasteiger partial charge in [0.15, 0.2) is 0 Å². The van der Waals surface area contributed by atoms with E-state index in [1.165, 1.54) is 6.42 Å². The Morgan fingerprint density at radius 1 is 1.47 bits per heavy atom. The SMILES string of the molecule is COc1ccccc1C(O)C1CCCS1. The third-order valence-electron chi connectivity index (χ3n) is 2.77. The lowest BCUT2D eigenvalue weighted by Crippen LogP contribution is -2.12. The van der Waals surface area contributed by atoms with Crippen LogP contribution >= 0.6 is 11.8 Å². The van der Waals surface area contributed by atoms with Crippen LogP contribution in [-0.2, 0) is 0 Å². The zero-order chi connectivity index (χ0) is 10.7. The zero-order valence-electron chi connectivity index (χ0n) is 8.85. The Hall–Kier alpha value is -0.670. The molecule has 0 aliphatic carbocycles. The van der Waals surface area contributed by atoms with Crippen LogP contribution in [0.3, 0.4) is 0 Å². The molecule has 1 N–H and O–H groups in total. The van der Waals surface area contributed by atoms with Gasteiger partial charge in [-0.3, -0.25) is 0 Å². The fraction of sp³-hybridized carbons (Fsp3) is 0.500. The number of hydrogen-bond acceptors (Lipinski definition) is 3. The van der Waals surface area contributed by atoms with E-state index in [-0.39, 0.29) is 0 Å². The fourth-order valence-electron chi connectivity index (χ4n) is 1.96. The van der Waals surface area contributed by atoms with Crippen molar-refractivity contribution in [3.05, 3.63) is 29.8 Å². The number of aliphatic hydroxyl groups is 1. The summed E-state index contributed by atoms with van der Waals surface area (Å²) in [5, 5.41) is 10.6. The van der Waals surface area contributed by atoms with Crippen LogP contribution in [0.2, 0.25) is 0 Å². The van der Waals surface area contributed by atoms with Crippen molar-refractivity contribution in [2.24, 2.45) is 0 Å². The first-order chi connectivity index (χ1) is 7.33. The Kier molecular flexibility index (Phi) is 3.54. The maximum Gasteiger partial charge on any atom is 0.124 e. The van der Waals surface area contributed by atoms with Gasteiger partial charge in [0.05, 0.1) is 13.2 Å². The Balaban J connectivity index is 2.19. The molecule has 0 spiro atoms. The smallest absolute Gasteiger partial charge is 0.124 e. The molecule has 1 aromatic carbocycles. The van der Waals surface area contributed by atoms with Gasteiger partial charge < -0.3 is 9.84 Å². The summed E-state index contributed by atoms with van der Waals surface area (Å²) in [7, 11) is 1.65. The van der Waals surface area contributed by atoms with Gasteiger partial charge in [0.1, 0.15) is 5.75 Å². The Morgan fingerprint density at radius 3 is 2.93 bits per heavy atom. The summed E-state index contributed by atoms with van der Waals surface area (Å²) in [6.45, 7) is 0. The number of hydrogen-bond donors (Lipinski definition) is 1. The highest BCUT2D eigenvalue weighted by Crippen LogP contribution is 2.38. The molecule has 3 heteroatoms. The largest absolute Gasteiger partial charge is 0.496 e. The third-order valence-corrected chi connectivity index (χ3v) is 4.22. The molecule has 1 aliphatic heterocycles.